The Labute approximate surface area is 117 Å². The van der Waals surface area contributed by atoms with Gasteiger partial charge in [0.15, 0.2) is 0 Å². The highest BCUT2D eigenvalue weighted by Crippen LogP contribution is 2.24. The van der Waals surface area contributed by atoms with Crippen molar-refractivity contribution in [1.29, 1.82) is 0 Å². The maximum atomic E-state index is 12.6. The van der Waals surface area contributed by atoms with E-state index in [4.69, 9.17) is 0 Å². The molecule has 1 heterocycles. The molecule has 2 rings (SSSR count). The molecule has 7 nitrogen and oxygen atoms in total. The van der Waals surface area contributed by atoms with Gasteiger partial charge in [0, 0.05) is 37.3 Å². The number of hydrogen-bond acceptors (Lipinski definition) is 5. The van der Waals surface area contributed by atoms with E-state index < -0.39 is 14.9 Å². The van der Waals surface area contributed by atoms with Crippen LogP contribution in [-0.2, 0) is 10.0 Å². The number of nitrogens with one attached hydrogen (secondary N) is 1. The largest absolute Gasteiger partial charge is 0.314 e. The molecule has 1 aliphatic heterocycles. The Kier molecular flexibility index (Phi) is 4.07. The number of sulfonamides is 1. The summed E-state index contributed by atoms with van der Waals surface area (Å²) in [5.41, 5.74) is -0.120. The van der Waals surface area contributed by atoms with Gasteiger partial charge in [0.2, 0.25) is 10.0 Å². The van der Waals surface area contributed by atoms with E-state index in [-0.39, 0.29) is 22.7 Å². The van der Waals surface area contributed by atoms with Gasteiger partial charge in [-0.3, -0.25) is 10.1 Å². The zero-order chi connectivity index (χ0) is 14.9. The maximum absolute atomic E-state index is 12.6. The number of nitro groups is 1. The Balaban J connectivity index is 2.36. The van der Waals surface area contributed by atoms with Crippen LogP contribution in [0.2, 0.25) is 0 Å². The van der Waals surface area contributed by atoms with Gasteiger partial charge in [-0.2, -0.15) is 4.31 Å². The zero-order valence-electron chi connectivity index (χ0n) is 11.3. The van der Waals surface area contributed by atoms with E-state index in [1.165, 1.54) is 28.6 Å². The summed E-state index contributed by atoms with van der Waals surface area (Å²) >= 11 is 0. The summed E-state index contributed by atoms with van der Waals surface area (Å²) in [6.45, 7) is 4.87. The van der Waals surface area contributed by atoms with Crippen LogP contribution in [0.4, 0.5) is 5.69 Å². The molecular weight excluding hydrogens is 282 g/mol. The Morgan fingerprint density at radius 1 is 1.20 bits per heavy atom. The van der Waals surface area contributed by atoms with E-state index >= 15 is 0 Å². The summed E-state index contributed by atoms with van der Waals surface area (Å²) < 4.78 is 26.7. The van der Waals surface area contributed by atoms with Gasteiger partial charge in [0.05, 0.1) is 9.82 Å². The Hall–Kier alpha value is -1.51. The van der Waals surface area contributed by atoms with Gasteiger partial charge in [-0.1, -0.05) is 0 Å². The van der Waals surface area contributed by atoms with Crippen LogP contribution in [0.1, 0.15) is 13.8 Å². The fraction of sp³-hybridized carbons (Fsp3) is 0.500. The second kappa shape index (κ2) is 5.47. The lowest BCUT2D eigenvalue weighted by molar-refractivity contribution is -0.384. The summed E-state index contributed by atoms with van der Waals surface area (Å²) in [6.07, 6.45) is 0. The van der Waals surface area contributed by atoms with Gasteiger partial charge < -0.3 is 5.32 Å². The van der Waals surface area contributed by atoms with Crippen molar-refractivity contribution in [3.05, 3.63) is 34.4 Å². The molecule has 0 bridgehead atoms. The van der Waals surface area contributed by atoms with E-state index in [1.807, 2.05) is 13.8 Å². The number of rotatable bonds is 3. The molecule has 2 atom stereocenters. The number of piperazine rings is 1. The van der Waals surface area contributed by atoms with Crippen LogP contribution in [-0.4, -0.2) is 42.8 Å². The molecule has 0 saturated carbocycles. The first-order valence-electron chi connectivity index (χ1n) is 6.32. The highest BCUT2D eigenvalue weighted by Gasteiger charge is 2.35. The van der Waals surface area contributed by atoms with Crippen molar-refractivity contribution in [2.24, 2.45) is 0 Å². The standard InChI is InChI=1S/C12H17N3O4S/c1-9-7-13-8-10(2)14(9)20(18,19)12-5-3-11(4-6-12)15(16)17/h3-6,9-10,13H,7-8H2,1-2H3. The highest BCUT2D eigenvalue weighted by atomic mass is 32.2. The van der Waals surface area contributed by atoms with Crippen LogP contribution in [0.25, 0.3) is 0 Å². The molecule has 110 valence electrons. The lowest BCUT2D eigenvalue weighted by Gasteiger charge is -2.38. The van der Waals surface area contributed by atoms with Gasteiger partial charge in [-0.25, -0.2) is 8.42 Å². The van der Waals surface area contributed by atoms with Gasteiger partial charge in [-0.15, -0.1) is 0 Å². The average Bonchev–Trinajstić information content (AvgIpc) is 2.38. The third kappa shape index (κ3) is 2.67. The van der Waals surface area contributed by atoms with Crippen LogP contribution in [0.15, 0.2) is 29.2 Å². The smallest absolute Gasteiger partial charge is 0.269 e. The quantitative estimate of drug-likeness (QED) is 0.663. The van der Waals surface area contributed by atoms with Crippen LogP contribution in [0.3, 0.4) is 0 Å². The maximum Gasteiger partial charge on any atom is 0.269 e. The predicted molar refractivity (Wildman–Crippen MR) is 73.9 cm³/mol. The zero-order valence-corrected chi connectivity index (χ0v) is 12.1. The third-order valence-corrected chi connectivity index (χ3v) is 5.51. The first-order valence-corrected chi connectivity index (χ1v) is 7.76. The molecule has 1 aromatic rings. The molecular formula is C12H17N3O4S. The second-order valence-corrected chi connectivity index (χ2v) is 6.79. The average molecular weight is 299 g/mol. The van der Waals surface area contributed by atoms with Gasteiger partial charge >= 0.3 is 0 Å². The molecule has 8 heteroatoms. The lowest BCUT2D eigenvalue weighted by atomic mass is 10.2. The van der Waals surface area contributed by atoms with Crippen LogP contribution in [0.5, 0.6) is 0 Å². The van der Waals surface area contributed by atoms with Gasteiger partial charge in [0.25, 0.3) is 5.69 Å². The van der Waals surface area contributed by atoms with Crippen molar-refractivity contribution in [3.63, 3.8) is 0 Å². The Morgan fingerprint density at radius 3 is 2.15 bits per heavy atom. The van der Waals surface area contributed by atoms with E-state index in [9.17, 15) is 18.5 Å². The van der Waals surface area contributed by atoms with Crippen molar-refractivity contribution in [3.8, 4) is 0 Å². The molecule has 0 aromatic heterocycles. The number of nitro benzene ring substituents is 1. The molecule has 0 spiro atoms. The fourth-order valence-electron chi connectivity index (χ4n) is 2.45. The van der Waals surface area contributed by atoms with Crippen LogP contribution in [0, 0.1) is 10.1 Å². The number of hydrogen-bond donors (Lipinski definition) is 1. The Bertz CT molecular complexity index is 590. The van der Waals surface area contributed by atoms with Crippen molar-refractivity contribution in [1.82, 2.24) is 9.62 Å². The van der Waals surface area contributed by atoms with E-state index in [2.05, 4.69) is 5.32 Å². The highest BCUT2D eigenvalue weighted by molar-refractivity contribution is 7.89. The van der Waals surface area contributed by atoms with Crippen molar-refractivity contribution in [2.45, 2.75) is 30.8 Å². The minimum atomic E-state index is -3.63. The summed E-state index contributed by atoms with van der Waals surface area (Å²) in [4.78, 5) is 10.1. The van der Waals surface area contributed by atoms with E-state index in [0.717, 1.165) is 0 Å². The molecule has 1 N–H and O–H groups in total. The molecule has 1 aromatic carbocycles. The lowest BCUT2D eigenvalue weighted by Crippen LogP contribution is -2.57. The van der Waals surface area contributed by atoms with Gasteiger partial charge in [0.1, 0.15) is 0 Å². The topological polar surface area (TPSA) is 92.6 Å². The normalized spacial score (nSPS) is 24.5. The molecule has 2 unspecified atom stereocenters. The number of nitrogens with zero attached hydrogens (tertiary/aromatic N) is 2. The molecule has 0 radical (unpaired) electrons. The predicted octanol–water partition coefficient (Wildman–Crippen LogP) is 0.966. The minimum absolute atomic E-state index is 0.0868. The molecule has 0 aliphatic carbocycles. The first-order chi connectivity index (χ1) is 9.34. The minimum Gasteiger partial charge on any atom is -0.314 e. The molecule has 0 amide bonds. The van der Waals surface area contributed by atoms with E-state index in [1.54, 1.807) is 0 Å². The molecule has 1 fully saturated rings. The Morgan fingerprint density at radius 2 is 1.70 bits per heavy atom. The third-order valence-electron chi connectivity index (χ3n) is 3.37. The molecule has 1 saturated heterocycles. The summed E-state index contributed by atoms with van der Waals surface area (Å²) in [5, 5.41) is 13.8. The van der Waals surface area contributed by atoms with Crippen LogP contribution >= 0.6 is 0 Å². The summed E-state index contributed by atoms with van der Waals surface area (Å²) in [5.74, 6) is 0. The second-order valence-electron chi connectivity index (χ2n) is 4.94. The van der Waals surface area contributed by atoms with Crippen molar-refractivity contribution >= 4 is 15.7 Å². The van der Waals surface area contributed by atoms with Crippen LogP contribution < -0.4 is 5.32 Å². The van der Waals surface area contributed by atoms with E-state index in [0.29, 0.717) is 13.1 Å². The number of non-ortho nitro benzene ring substituents is 1. The summed E-state index contributed by atoms with van der Waals surface area (Å²) in [6, 6.07) is 4.69. The van der Waals surface area contributed by atoms with Gasteiger partial charge in [-0.05, 0) is 26.0 Å². The SMILES string of the molecule is CC1CNCC(C)N1S(=O)(=O)c1ccc([N+](=O)[O-])cc1. The molecule has 20 heavy (non-hydrogen) atoms. The monoisotopic (exact) mass is 299 g/mol. The fourth-order valence-corrected chi connectivity index (χ4v) is 4.27. The number of benzene rings is 1. The first kappa shape index (κ1) is 14.9. The van der Waals surface area contributed by atoms with Crippen molar-refractivity contribution in [2.75, 3.05) is 13.1 Å². The van der Waals surface area contributed by atoms with Crippen molar-refractivity contribution < 1.29 is 13.3 Å². The summed E-state index contributed by atoms with van der Waals surface area (Å²) in [7, 11) is -3.63. The molecule has 1 aliphatic rings.